The summed E-state index contributed by atoms with van der Waals surface area (Å²) in [5.74, 6) is -4.65. The third-order valence-corrected chi connectivity index (χ3v) is 5.48. The fourth-order valence-corrected chi connectivity index (χ4v) is 3.45. The summed E-state index contributed by atoms with van der Waals surface area (Å²) in [4.78, 5) is 61.6. The number of unbranched alkanes of at least 4 members (excludes halogenated alkanes) is 1. The van der Waals surface area contributed by atoms with Gasteiger partial charge in [-0.15, -0.1) is 0 Å². The minimum Gasteiger partial charge on any atom is -0.480 e. The Kier molecular flexibility index (Phi) is 13.1. The Morgan fingerprint density at radius 2 is 1.47 bits per heavy atom. The second-order valence-corrected chi connectivity index (χ2v) is 8.94. The number of primary amides is 1. The quantitative estimate of drug-likeness (QED) is 0.134. The van der Waals surface area contributed by atoms with Crippen LogP contribution in [0.5, 0.6) is 0 Å². The van der Waals surface area contributed by atoms with Crippen LogP contribution in [-0.4, -0.2) is 65.4 Å². The molecule has 0 aliphatic heterocycles. The summed E-state index contributed by atoms with van der Waals surface area (Å²) in [7, 11) is 0. The zero-order valence-corrected chi connectivity index (χ0v) is 20.7. The van der Waals surface area contributed by atoms with Gasteiger partial charge in [-0.3, -0.25) is 19.2 Å². The minimum atomic E-state index is -1.37. The smallest absolute Gasteiger partial charge is 0.326 e. The molecule has 1 aromatic rings. The number of benzene rings is 1. The Bertz CT molecular complexity index is 894. The Labute approximate surface area is 210 Å². The molecule has 0 aliphatic rings. The first-order chi connectivity index (χ1) is 17.0. The van der Waals surface area contributed by atoms with E-state index in [1.54, 1.807) is 38.1 Å². The number of nitrogens with two attached hydrogens (primary N) is 3. The van der Waals surface area contributed by atoms with Crippen LogP contribution in [0.15, 0.2) is 30.3 Å². The van der Waals surface area contributed by atoms with Gasteiger partial charge in [0.05, 0.1) is 12.5 Å². The van der Waals surface area contributed by atoms with Crippen LogP contribution in [0.4, 0.5) is 0 Å². The van der Waals surface area contributed by atoms with Gasteiger partial charge in [0.15, 0.2) is 0 Å². The number of aliphatic carboxylic acids is 1. The Morgan fingerprint density at radius 3 is 2.00 bits per heavy atom. The van der Waals surface area contributed by atoms with E-state index in [2.05, 4.69) is 16.0 Å². The second-order valence-electron chi connectivity index (χ2n) is 8.94. The fraction of sp³-hybridized carbons (Fsp3) is 0.542. The van der Waals surface area contributed by atoms with Gasteiger partial charge >= 0.3 is 5.97 Å². The lowest BCUT2D eigenvalue weighted by Gasteiger charge is -2.25. The van der Waals surface area contributed by atoms with Crippen molar-refractivity contribution in [1.82, 2.24) is 16.0 Å². The lowest BCUT2D eigenvalue weighted by molar-refractivity contribution is -0.143. The summed E-state index contributed by atoms with van der Waals surface area (Å²) in [5, 5.41) is 16.8. The van der Waals surface area contributed by atoms with E-state index in [1.165, 1.54) is 0 Å². The van der Waals surface area contributed by atoms with Crippen molar-refractivity contribution in [2.24, 2.45) is 23.1 Å². The molecule has 0 aromatic heterocycles. The highest BCUT2D eigenvalue weighted by Gasteiger charge is 2.31. The third kappa shape index (κ3) is 10.8. The van der Waals surface area contributed by atoms with Gasteiger partial charge < -0.3 is 38.3 Å². The maximum atomic E-state index is 13.0. The van der Waals surface area contributed by atoms with Crippen LogP contribution < -0.4 is 33.2 Å². The van der Waals surface area contributed by atoms with Gasteiger partial charge in [-0.25, -0.2) is 4.79 Å². The summed E-state index contributed by atoms with van der Waals surface area (Å²) in [6.45, 7) is 3.64. The van der Waals surface area contributed by atoms with Crippen LogP contribution in [0.3, 0.4) is 0 Å². The molecule has 4 atom stereocenters. The SMILES string of the molecule is CC(C)C(NC(=O)C(CCCCN)NC(=O)C(CC(N)=O)NC(=O)C(N)Cc1ccccc1)C(=O)O. The van der Waals surface area contributed by atoms with Crippen molar-refractivity contribution in [3.8, 4) is 0 Å². The molecule has 0 saturated heterocycles. The summed E-state index contributed by atoms with van der Waals surface area (Å²) in [6.07, 6.45) is 0.902. The number of nitrogens with one attached hydrogen (secondary N) is 3. The number of carboxylic acid groups (broad SMARTS) is 1. The van der Waals surface area contributed by atoms with E-state index in [4.69, 9.17) is 17.2 Å². The first-order valence-corrected chi connectivity index (χ1v) is 11.9. The molecule has 10 N–H and O–H groups in total. The summed E-state index contributed by atoms with van der Waals surface area (Å²) in [6, 6.07) is 4.37. The Hall–Kier alpha value is -3.51. The van der Waals surface area contributed by atoms with Gasteiger partial charge in [0, 0.05) is 0 Å². The first-order valence-electron chi connectivity index (χ1n) is 11.9. The van der Waals surface area contributed by atoms with Crippen LogP contribution in [0, 0.1) is 5.92 Å². The van der Waals surface area contributed by atoms with Crippen LogP contribution in [-0.2, 0) is 30.4 Å². The Balaban J connectivity index is 2.97. The van der Waals surface area contributed by atoms with E-state index in [9.17, 15) is 29.1 Å². The summed E-state index contributed by atoms with van der Waals surface area (Å²) in [5.41, 5.74) is 17.6. The van der Waals surface area contributed by atoms with Crippen molar-refractivity contribution >= 4 is 29.6 Å². The molecule has 36 heavy (non-hydrogen) atoms. The highest BCUT2D eigenvalue weighted by molar-refractivity contribution is 5.96. The lowest BCUT2D eigenvalue weighted by Crippen LogP contribution is -2.58. The standard InChI is InChI=1S/C24H38N6O6/c1-14(2)20(24(35)36)30-22(33)17(10-6-7-11-25)28-23(34)18(13-19(27)31)29-21(32)16(26)12-15-8-4-3-5-9-15/h3-5,8-9,14,16-18,20H,6-7,10-13,25-26H2,1-2H3,(H2,27,31)(H,28,34)(H,29,32)(H,30,33)(H,35,36). The van der Waals surface area contributed by atoms with Crippen molar-refractivity contribution in [3.05, 3.63) is 35.9 Å². The van der Waals surface area contributed by atoms with E-state index in [-0.39, 0.29) is 12.8 Å². The van der Waals surface area contributed by atoms with Gasteiger partial charge in [-0.05, 0) is 43.7 Å². The second kappa shape index (κ2) is 15.5. The molecule has 12 heteroatoms. The van der Waals surface area contributed by atoms with Gasteiger partial charge in [0.25, 0.3) is 0 Å². The average Bonchev–Trinajstić information content (AvgIpc) is 2.81. The summed E-state index contributed by atoms with van der Waals surface area (Å²) >= 11 is 0. The molecule has 1 rings (SSSR count). The normalized spacial score (nSPS) is 14.2. The van der Waals surface area contributed by atoms with Crippen molar-refractivity contribution in [1.29, 1.82) is 0 Å². The number of carbonyl (C=O) groups excluding carboxylic acids is 4. The van der Waals surface area contributed by atoms with E-state index >= 15 is 0 Å². The number of hydrogen-bond acceptors (Lipinski definition) is 7. The molecule has 12 nitrogen and oxygen atoms in total. The number of hydrogen-bond donors (Lipinski definition) is 7. The van der Waals surface area contributed by atoms with Crippen LogP contribution in [0.2, 0.25) is 0 Å². The number of carboxylic acids is 1. The molecule has 4 amide bonds. The zero-order valence-electron chi connectivity index (χ0n) is 20.7. The van der Waals surface area contributed by atoms with E-state index in [0.29, 0.717) is 19.4 Å². The molecular weight excluding hydrogens is 468 g/mol. The highest BCUT2D eigenvalue weighted by Crippen LogP contribution is 2.07. The molecular formula is C24H38N6O6. The predicted octanol–water partition coefficient (Wildman–Crippen LogP) is -1.24. The largest absolute Gasteiger partial charge is 0.480 e. The third-order valence-electron chi connectivity index (χ3n) is 5.48. The van der Waals surface area contributed by atoms with E-state index in [0.717, 1.165) is 5.56 Å². The van der Waals surface area contributed by atoms with Crippen LogP contribution >= 0.6 is 0 Å². The predicted molar refractivity (Wildman–Crippen MR) is 133 cm³/mol. The molecule has 0 spiro atoms. The molecule has 0 saturated carbocycles. The Morgan fingerprint density at radius 1 is 0.889 bits per heavy atom. The zero-order chi connectivity index (χ0) is 27.3. The number of rotatable bonds is 16. The van der Waals surface area contributed by atoms with E-state index < -0.39 is 66.1 Å². The van der Waals surface area contributed by atoms with Crippen molar-refractivity contribution in [3.63, 3.8) is 0 Å². The fourth-order valence-electron chi connectivity index (χ4n) is 3.45. The molecule has 200 valence electrons. The van der Waals surface area contributed by atoms with Gasteiger partial charge in [0.1, 0.15) is 18.1 Å². The summed E-state index contributed by atoms with van der Waals surface area (Å²) < 4.78 is 0. The van der Waals surface area contributed by atoms with Crippen molar-refractivity contribution in [2.75, 3.05) is 6.54 Å². The highest BCUT2D eigenvalue weighted by atomic mass is 16.4. The first kappa shape index (κ1) is 30.5. The number of amides is 4. The van der Waals surface area contributed by atoms with Gasteiger partial charge in [0.2, 0.25) is 23.6 Å². The molecule has 0 radical (unpaired) electrons. The maximum Gasteiger partial charge on any atom is 0.326 e. The maximum absolute atomic E-state index is 13.0. The van der Waals surface area contributed by atoms with Gasteiger partial charge in [-0.1, -0.05) is 44.2 Å². The van der Waals surface area contributed by atoms with Crippen molar-refractivity contribution < 1.29 is 29.1 Å². The average molecular weight is 507 g/mol. The van der Waals surface area contributed by atoms with Gasteiger partial charge in [-0.2, -0.15) is 0 Å². The molecule has 0 fully saturated rings. The molecule has 0 bridgehead atoms. The van der Waals surface area contributed by atoms with E-state index in [1.807, 2.05) is 6.07 Å². The lowest BCUT2D eigenvalue weighted by atomic mass is 10.0. The number of carbonyl (C=O) groups is 5. The molecule has 0 aliphatic carbocycles. The van der Waals surface area contributed by atoms with Crippen LogP contribution in [0.25, 0.3) is 0 Å². The van der Waals surface area contributed by atoms with Crippen molar-refractivity contribution in [2.45, 2.75) is 70.1 Å². The molecule has 1 aromatic carbocycles. The topological polar surface area (TPSA) is 220 Å². The molecule has 4 unspecified atom stereocenters. The monoisotopic (exact) mass is 506 g/mol. The molecule has 0 heterocycles. The minimum absolute atomic E-state index is 0.171. The van der Waals surface area contributed by atoms with Crippen LogP contribution in [0.1, 0.15) is 45.1 Å².